The molecule has 0 aliphatic heterocycles. The van der Waals surface area contributed by atoms with Crippen molar-refractivity contribution in [2.24, 2.45) is 5.73 Å². The number of phenols is 1. The van der Waals surface area contributed by atoms with E-state index in [1.54, 1.807) is 0 Å². The Labute approximate surface area is 108 Å². The molecule has 0 atom stereocenters. The number of phenolic OH excluding ortho intramolecular Hbond substituents is 1. The normalized spacial score (nSPS) is 19.2. The Hall–Kier alpha value is -0.940. The third-order valence-electron chi connectivity index (χ3n) is 3.42. The zero-order valence-corrected chi connectivity index (χ0v) is 10.3. The average molecular weight is 280 g/mol. The van der Waals surface area contributed by atoms with E-state index in [-0.39, 0.29) is 16.3 Å². The van der Waals surface area contributed by atoms with Gasteiger partial charge in [0.1, 0.15) is 5.75 Å². The van der Waals surface area contributed by atoms with Crippen LogP contribution in [0.2, 0.25) is 5.02 Å². The summed E-state index contributed by atoms with van der Waals surface area (Å²) in [7, 11) is 0. The summed E-state index contributed by atoms with van der Waals surface area (Å²) in [4.78, 5) is 0. The Morgan fingerprint density at radius 1 is 1.22 bits per heavy atom. The highest BCUT2D eigenvalue weighted by Gasteiger charge is 2.38. The van der Waals surface area contributed by atoms with Crippen LogP contribution in [0.5, 0.6) is 5.75 Å². The van der Waals surface area contributed by atoms with Crippen molar-refractivity contribution < 1.29 is 18.3 Å². The molecule has 0 amide bonds. The molecule has 3 N–H and O–H groups in total. The Morgan fingerprint density at radius 3 is 2.28 bits per heavy atom. The zero-order chi connectivity index (χ0) is 13.6. The Bertz CT molecular complexity index is 467. The predicted molar refractivity (Wildman–Crippen MR) is 62.5 cm³/mol. The van der Waals surface area contributed by atoms with E-state index in [1.165, 1.54) is 0 Å². The molecule has 0 heterocycles. The molecule has 2 nitrogen and oxygen atoms in total. The fourth-order valence-corrected chi connectivity index (χ4v) is 2.64. The summed E-state index contributed by atoms with van der Waals surface area (Å²) in [6, 6.07) is 1.63. The van der Waals surface area contributed by atoms with Crippen LogP contribution in [-0.2, 0) is 11.7 Å². The van der Waals surface area contributed by atoms with Crippen LogP contribution in [0.15, 0.2) is 12.1 Å². The molecular formula is C12H13ClF3NO. The molecule has 1 aliphatic rings. The van der Waals surface area contributed by atoms with Crippen molar-refractivity contribution >= 4 is 11.6 Å². The lowest BCUT2D eigenvalue weighted by Gasteiger charge is -2.26. The quantitative estimate of drug-likeness (QED) is 0.821. The topological polar surface area (TPSA) is 46.2 Å². The SMILES string of the molecule is NC1(c2cc(C(F)(F)F)cc(Cl)c2O)CCCC1. The lowest BCUT2D eigenvalue weighted by atomic mass is 9.87. The van der Waals surface area contributed by atoms with Gasteiger partial charge in [-0.15, -0.1) is 0 Å². The maximum Gasteiger partial charge on any atom is 0.416 e. The van der Waals surface area contributed by atoms with Gasteiger partial charge >= 0.3 is 6.18 Å². The van der Waals surface area contributed by atoms with E-state index in [0.717, 1.165) is 25.0 Å². The average Bonchev–Trinajstić information content (AvgIpc) is 2.68. The third kappa shape index (κ3) is 2.29. The number of nitrogens with two attached hydrogens (primary N) is 1. The van der Waals surface area contributed by atoms with Gasteiger partial charge in [0.05, 0.1) is 10.6 Å². The van der Waals surface area contributed by atoms with E-state index in [9.17, 15) is 18.3 Å². The first kappa shape index (κ1) is 13.5. The lowest BCUT2D eigenvalue weighted by Crippen LogP contribution is -2.33. The lowest BCUT2D eigenvalue weighted by molar-refractivity contribution is -0.137. The first-order valence-electron chi connectivity index (χ1n) is 5.63. The molecular weight excluding hydrogens is 267 g/mol. The molecule has 0 unspecified atom stereocenters. The van der Waals surface area contributed by atoms with Gasteiger partial charge in [0.15, 0.2) is 0 Å². The van der Waals surface area contributed by atoms with Gasteiger partial charge in [-0.3, -0.25) is 0 Å². The summed E-state index contributed by atoms with van der Waals surface area (Å²) in [5.41, 5.74) is 4.39. The first-order chi connectivity index (χ1) is 8.24. The number of halogens is 4. The van der Waals surface area contributed by atoms with Crippen molar-refractivity contribution in [1.29, 1.82) is 0 Å². The number of hydrogen-bond acceptors (Lipinski definition) is 2. The molecule has 0 aromatic heterocycles. The highest BCUT2D eigenvalue weighted by atomic mass is 35.5. The number of benzene rings is 1. The summed E-state index contributed by atoms with van der Waals surface area (Å²) >= 11 is 5.66. The minimum absolute atomic E-state index is 0.0971. The Kier molecular flexibility index (Phi) is 3.23. The molecule has 0 radical (unpaired) electrons. The second-order valence-corrected chi connectivity index (χ2v) is 5.12. The van der Waals surface area contributed by atoms with Crippen molar-refractivity contribution in [2.45, 2.75) is 37.4 Å². The minimum Gasteiger partial charge on any atom is -0.506 e. The predicted octanol–water partition coefficient (Wildman–Crippen LogP) is 3.79. The molecule has 18 heavy (non-hydrogen) atoms. The van der Waals surface area contributed by atoms with Crippen LogP contribution in [0.4, 0.5) is 13.2 Å². The molecule has 0 saturated heterocycles. The summed E-state index contributed by atoms with van der Waals surface area (Å²) in [5, 5.41) is 9.53. The van der Waals surface area contributed by atoms with Crippen molar-refractivity contribution in [2.75, 3.05) is 0 Å². The van der Waals surface area contributed by atoms with Crippen molar-refractivity contribution in [1.82, 2.24) is 0 Å². The number of aromatic hydroxyl groups is 1. The maximum atomic E-state index is 12.7. The minimum atomic E-state index is -4.50. The van der Waals surface area contributed by atoms with E-state index >= 15 is 0 Å². The number of alkyl halides is 3. The van der Waals surface area contributed by atoms with Crippen LogP contribution >= 0.6 is 11.6 Å². The van der Waals surface area contributed by atoms with E-state index in [2.05, 4.69) is 0 Å². The van der Waals surface area contributed by atoms with Gasteiger partial charge in [-0.2, -0.15) is 13.2 Å². The molecule has 2 rings (SSSR count). The largest absolute Gasteiger partial charge is 0.506 e. The summed E-state index contributed by atoms with van der Waals surface area (Å²) in [6.45, 7) is 0. The zero-order valence-electron chi connectivity index (χ0n) is 9.52. The van der Waals surface area contributed by atoms with Gasteiger partial charge < -0.3 is 10.8 Å². The van der Waals surface area contributed by atoms with E-state index in [0.29, 0.717) is 12.8 Å². The molecule has 1 aliphatic carbocycles. The molecule has 1 aromatic carbocycles. The van der Waals surface area contributed by atoms with Crippen molar-refractivity contribution in [3.8, 4) is 5.75 Å². The summed E-state index contributed by atoms with van der Waals surface area (Å²) in [5.74, 6) is -0.339. The molecule has 100 valence electrons. The molecule has 0 spiro atoms. The fourth-order valence-electron chi connectivity index (χ4n) is 2.42. The summed E-state index contributed by atoms with van der Waals surface area (Å²) in [6.07, 6.45) is -1.72. The molecule has 6 heteroatoms. The second-order valence-electron chi connectivity index (χ2n) is 4.72. The van der Waals surface area contributed by atoms with Crippen LogP contribution < -0.4 is 5.73 Å². The number of hydrogen-bond donors (Lipinski definition) is 2. The van der Waals surface area contributed by atoms with Crippen LogP contribution in [0.25, 0.3) is 0 Å². The van der Waals surface area contributed by atoms with Gasteiger partial charge in [0.2, 0.25) is 0 Å². The Morgan fingerprint density at radius 2 is 1.78 bits per heavy atom. The van der Waals surface area contributed by atoms with Gasteiger partial charge in [-0.05, 0) is 25.0 Å². The maximum absolute atomic E-state index is 12.7. The second kappa shape index (κ2) is 4.31. The number of rotatable bonds is 1. The summed E-state index contributed by atoms with van der Waals surface area (Å²) < 4.78 is 38.1. The van der Waals surface area contributed by atoms with Gasteiger partial charge in [-0.25, -0.2) is 0 Å². The van der Waals surface area contributed by atoms with E-state index in [4.69, 9.17) is 17.3 Å². The van der Waals surface area contributed by atoms with Crippen LogP contribution in [-0.4, -0.2) is 5.11 Å². The highest BCUT2D eigenvalue weighted by molar-refractivity contribution is 6.32. The monoisotopic (exact) mass is 279 g/mol. The third-order valence-corrected chi connectivity index (χ3v) is 3.71. The first-order valence-corrected chi connectivity index (χ1v) is 6.01. The highest BCUT2D eigenvalue weighted by Crippen LogP contribution is 2.45. The van der Waals surface area contributed by atoms with Crippen LogP contribution in [0.1, 0.15) is 36.8 Å². The van der Waals surface area contributed by atoms with E-state index in [1.807, 2.05) is 0 Å². The van der Waals surface area contributed by atoms with Gasteiger partial charge in [0.25, 0.3) is 0 Å². The molecule has 1 saturated carbocycles. The van der Waals surface area contributed by atoms with Gasteiger partial charge in [-0.1, -0.05) is 24.4 Å². The van der Waals surface area contributed by atoms with Crippen LogP contribution in [0.3, 0.4) is 0 Å². The van der Waals surface area contributed by atoms with E-state index < -0.39 is 17.3 Å². The standard InChI is InChI=1S/C12H13ClF3NO/c13-9-6-7(12(14,15)16)5-8(10(9)18)11(17)3-1-2-4-11/h5-6,18H,1-4,17H2. The molecule has 1 aromatic rings. The van der Waals surface area contributed by atoms with Crippen LogP contribution in [0, 0.1) is 0 Å². The van der Waals surface area contributed by atoms with Crippen molar-refractivity contribution in [3.63, 3.8) is 0 Å². The smallest absolute Gasteiger partial charge is 0.416 e. The molecule has 0 bridgehead atoms. The van der Waals surface area contributed by atoms with Gasteiger partial charge in [0, 0.05) is 11.1 Å². The Balaban J connectivity index is 2.56. The fraction of sp³-hybridized carbons (Fsp3) is 0.500. The molecule has 1 fully saturated rings. The van der Waals surface area contributed by atoms with Crippen molar-refractivity contribution in [3.05, 3.63) is 28.3 Å².